The Balaban J connectivity index is 1.35. The van der Waals surface area contributed by atoms with Crippen molar-refractivity contribution in [2.24, 2.45) is 23.7 Å². The first-order valence-electron chi connectivity index (χ1n) is 9.77. The summed E-state index contributed by atoms with van der Waals surface area (Å²) in [6.45, 7) is 2.88. The molecule has 3 aliphatic rings. The molecule has 0 radical (unpaired) electrons. The number of benzene rings is 1. The second-order valence-corrected chi connectivity index (χ2v) is 8.08. The van der Waals surface area contributed by atoms with E-state index in [0.29, 0.717) is 5.69 Å². The van der Waals surface area contributed by atoms with Crippen LogP contribution in [0.3, 0.4) is 0 Å². The van der Waals surface area contributed by atoms with Crippen LogP contribution in [-0.2, 0) is 23.9 Å². The van der Waals surface area contributed by atoms with Crippen LogP contribution in [0.4, 0.5) is 5.69 Å². The molecule has 3 amide bonds. The number of nitrogens with one attached hydrogen (secondary N) is 1. The molecule has 7 nitrogen and oxygen atoms in total. The monoisotopic (exact) mass is 384 g/mol. The van der Waals surface area contributed by atoms with Gasteiger partial charge in [-0.1, -0.05) is 18.2 Å². The first-order chi connectivity index (χ1) is 13.4. The first-order valence-corrected chi connectivity index (χ1v) is 9.77. The summed E-state index contributed by atoms with van der Waals surface area (Å²) in [5.74, 6) is -1.74. The quantitative estimate of drug-likeness (QED) is 0.618. The molecule has 2 bridgehead atoms. The van der Waals surface area contributed by atoms with Crippen molar-refractivity contribution < 1.29 is 23.9 Å². The fraction of sp³-hybridized carbons (Fsp3) is 0.524. The van der Waals surface area contributed by atoms with Crippen LogP contribution in [0.2, 0.25) is 0 Å². The second-order valence-electron chi connectivity index (χ2n) is 8.08. The Morgan fingerprint density at radius 2 is 1.75 bits per heavy atom. The third-order valence-corrected chi connectivity index (χ3v) is 6.45. The molecule has 0 aromatic heterocycles. The van der Waals surface area contributed by atoms with E-state index in [0.717, 1.165) is 29.7 Å². The fourth-order valence-corrected chi connectivity index (χ4v) is 5.08. The molecule has 28 heavy (non-hydrogen) atoms. The van der Waals surface area contributed by atoms with Gasteiger partial charge in [-0.3, -0.25) is 19.3 Å². The van der Waals surface area contributed by atoms with Crippen LogP contribution >= 0.6 is 0 Å². The molecule has 1 aromatic carbocycles. The Morgan fingerprint density at radius 1 is 1.14 bits per heavy atom. The number of hydrogen-bond acceptors (Lipinski definition) is 5. The average molecular weight is 384 g/mol. The van der Waals surface area contributed by atoms with E-state index < -0.39 is 24.5 Å². The van der Waals surface area contributed by atoms with E-state index in [2.05, 4.69) is 5.32 Å². The van der Waals surface area contributed by atoms with Crippen LogP contribution in [-0.4, -0.2) is 41.2 Å². The molecule has 148 valence electrons. The Hall–Kier alpha value is -2.70. The second kappa shape index (κ2) is 7.04. The summed E-state index contributed by atoms with van der Waals surface area (Å²) in [7, 11) is 0. The normalized spacial score (nSPS) is 29.0. The maximum absolute atomic E-state index is 12.8. The van der Waals surface area contributed by atoms with Crippen LogP contribution in [0.25, 0.3) is 0 Å². The van der Waals surface area contributed by atoms with Crippen LogP contribution in [0, 0.1) is 30.6 Å². The molecule has 1 aromatic rings. The number of hydrogen-bond donors (Lipinski definition) is 1. The van der Waals surface area contributed by atoms with E-state index in [1.54, 1.807) is 12.1 Å². The van der Waals surface area contributed by atoms with E-state index in [1.165, 1.54) is 6.92 Å². The molecule has 3 fully saturated rings. The Bertz CT molecular complexity index is 823. The molecule has 1 N–H and O–H groups in total. The smallest absolute Gasteiger partial charge is 0.329 e. The molecule has 7 heteroatoms. The van der Waals surface area contributed by atoms with Crippen molar-refractivity contribution in [1.29, 1.82) is 0 Å². The maximum Gasteiger partial charge on any atom is 0.329 e. The lowest BCUT2D eigenvalue weighted by molar-refractivity contribution is -0.159. The van der Waals surface area contributed by atoms with Gasteiger partial charge in [0.15, 0.2) is 6.61 Å². The zero-order valence-corrected chi connectivity index (χ0v) is 16.0. The lowest BCUT2D eigenvalue weighted by Gasteiger charge is -2.23. The van der Waals surface area contributed by atoms with Crippen molar-refractivity contribution in [1.82, 2.24) is 4.90 Å². The average Bonchev–Trinajstić information content (AvgIpc) is 3.35. The molecule has 1 saturated heterocycles. The predicted octanol–water partition coefficient (Wildman–Crippen LogP) is 1.90. The number of imide groups is 1. The van der Waals surface area contributed by atoms with Gasteiger partial charge in [0.1, 0.15) is 6.04 Å². The number of rotatable bonds is 5. The number of nitrogens with zero attached hydrogens (tertiary/aromatic N) is 1. The third-order valence-electron chi connectivity index (χ3n) is 6.45. The SMILES string of the molecule is Cc1ccccc1NC(=O)COC(=O)[C@@H](C)N1C(=O)[C@@H]2[C@@H]3CC[C@@H](C3)[C@@H]2C1=O. The summed E-state index contributed by atoms with van der Waals surface area (Å²) in [6, 6.07) is 6.25. The molecule has 4 rings (SSSR count). The van der Waals surface area contributed by atoms with Gasteiger partial charge in [0, 0.05) is 5.69 Å². The highest BCUT2D eigenvalue weighted by Gasteiger charge is 2.62. The molecule has 0 unspecified atom stereocenters. The van der Waals surface area contributed by atoms with Crippen LogP contribution in [0.5, 0.6) is 0 Å². The molecule has 1 aliphatic heterocycles. The van der Waals surface area contributed by atoms with Crippen molar-refractivity contribution in [3.63, 3.8) is 0 Å². The Labute approximate surface area is 163 Å². The zero-order chi connectivity index (χ0) is 20.0. The predicted molar refractivity (Wildman–Crippen MR) is 99.9 cm³/mol. The minimum Gasteiger partial charge on any atom is -0.454 e. The number of ether oxygens (including phenoxy) is 1. The van der Waals surface area contributed by atoms with Gasteiger partial charge < -0.3 is 10.1 Å². The minimum atomic E-state index is -1.02. The minimum absolute atomic E-state index is 0.254. The van der Waals surface area contributed by atoms with Crippen LogP contribution in [0.15, 0.2) is 24.3 Å². The number of para-hydroxylation sites is 1. The molecule has 5 atom stereocenters. The number of carbonyl (C=O) groups is 4. The van der Waals surface area contributed by atoms with Gasteiger partial charge >= 0.3 is 5.97 Å². The largest absolute Gasteiger partial charge is 0.454 e. The summed E-state index contributed by atoms with van der Waals surface area (Å²) >= 11 is 0. The number of anilines is 1. The number of esters is 1. The van der Waals surface area contributed by atoms with Gasteiger partial charge in [0.25, 0.3) is 5.91 Å². The fourth-order valence-electron chi connectivity index (χ4n) is 5.08. The van der Waals surface area contributed by atoms with Gasteiger partial charge in [0.05, 0.1) is 11.8 Å². The summed E-state index contributed by atoms with van der Waals surface area (Å²) in [5.41, 5.74) is 1.54. The summed E-state index contributed by atoms with van der Waals surface area (Å²) in [6.07, 6.45) is 2.91. The number of amides is 3. The molecule has 0 spiro atoms. The van der Waals surface area contributed by atoms with Gasteiger partial charge in [-0.2, -0.15) is 0 Å². The van der Waals surface area contributed by atoms with Crippen molar-refractivity contribution in [2.75, 3.05) is 11.9 Å². The molecular weight excluding hydrogens is 360 g/mol. The molecule has 2 aliphatic carbocycles. The lowest BCUT2D eigenvalue weighted by atomic mass is 9.81. The highest BCUT2D eigenvalue weighted by atomic mass is 16.5. The molecule has 2 saturated carbocycles. The summed E-state index contributed by atoms with van der Waals surface area (Å²) in [5, 5.41) is 2.68. The standard InChI is InChI=1S/C21H24N2O5/c1-11-5-3-4-6-15(11)22-16(24)10-28-21(27)12(2)23-19(25)17-13-7-8-14(9-13)18(17)20(23)26/h3-6,12-14,17-18H,7-10H2,1-2H3,(H,22,24)/t12-,13-,14+,17-,18+/m1/s1. The van der Waals surface area contributed by atoms with Crippen molar-refractivity contribution >= 4 is 29.4 Å². The summed E-state index contributed by atoms with van der Waals surface area (Å²) < 4.78 is 5.08. The van der Waals surface area contributed by atoms with E-state index in [9.17, 15) is 19.2 Å². The summed E-state index contributed by atoms with van der Waals surface area (Å²) in [4.78, 5) is 51.1. The topological polar surface area (TPSA) is 92.8 Å². The van der Waals surface area contributed by atoms with E-state index in [1.807, 2.05) is 19.1 Å². The first kappa shape index (κ1) is 18.7. The van der Waals surface area contributed by atoms with Gasteiger partial charge in [0.2, 0.25) is 11.8 Å². The van der Waals surface area contributed by atoms with E-state index >= 15 is 0 Å². The molecule has 1 heterocycles. The highest BCUT2D eigenvalue weighted by Crippen LogP contribution is 2.56. The van der Waals surface area contributed by atoms with Crippen molar-refractivity contribution in [2.45, 2.75) is 39.2 Å². The van der Waals surface area contributed by atoms with Gasteiger partial charge in [-0.25, -0.2) is 4.79 Å². The van der Waals surface area contributed by atoms with Crippen molar-refractivity contribution in [3.05, 3.63) is 29.8 Å². The van der Waals surface area contributed by atoms with E-state index in [-0.39, 0.29) is 35.5 Å². The Morgan fingerprint density at radius 3 is 2.36 bits per heavy atom. The van der Waals surface area contributed by atoms with Crippen molar-refractivity contribution in [3.8, 4) is 0 Å². The van der Waals surface area contributed by atoms with Gasteiger partial charge in [-0.15, -0.1) is 0 Å². The number of aryl methyl sites for hydroxylation is 1. The highest BCUT2D eigenvalue weighted by molar-refractivity contribution is 6.08. The third kappa shape index (κ3) is 2.99. The number of carbonyl (C=O) groups excluding carboxylic acids is 4. The zero-order valence-electron chi connectivity index (χ0n) is 16.0. The van der Waals surface area contributed by atoms with Crippen LogP contribution in [0.1, 0.15) is 31.7 Å². The lowest BCUT2D eigenvalue weighted by Crippen LogP contribution is -2.45. The Kier molecular flexibility index (Phi) is 4.69. The molecular formula is C21H24N2O5. The van der Waals surface area contributed by atoms with Crippen LogP contribution < -0.4 is 5.32 Å². The number of fused-ring (bicyclic) bond motifs is 5. The number of likely N-dealkylation sites (tertiary alicyclic amines) is 1. The van der Waals surface area contributed by atoms with Gasteiger partial charge in [-0.05, 0) is 56.6 Å². The maximum atomic E-state index is 12.8. The van der Waals surface area contributed by atoms with E-state index in [4.69, 9.17) is 4.74 Å².